The number of alkyl halides is 18. The minimum absolute atomic E-state index is 0. The zero-order chi connectivity index (χ0) is 32.6. The van der Waals surface area contributed by atoms with Crippen molar-refractivity contribution < 1.29 is 127 Å². The SMILES string of the molecule is [OH+]=C(CC(=[OH+])C(F)(F)F)C(F)(F)F.[OH+]=C(CC(=[OH+])C(F)(F)F)C(F)(F)F.[OH+]=C(CC(=[OH+])C(F)(F)F)C(F)(F)F.[Ru]. The Kier molecular flexibility index (Phi) is 17.1. The average molecular weight is 731 g/mol. The second-order valence-electron chi connectivity index (χ2n) is 6.20. The fourth-order valence-corrected chi connectivity index (χ4v) is 1.08. The van der Waals surface area contributed by atoms with Gasteiger partial charge in [-0.25, -0.2) is 0 Å². The summed E-state index contributed by atoms with van der Waals surface area (Å²) in [5.41, 5.74) is 0. The summed E-state index contributed by atoms with van der Waals surface area (Å²) >= 11 is 0. The van der Waals surface area contributed by atoms with Gasteiger partial charge in [-0.3, -0.25) is 28.8 Å². The molecule has 0 aromatic carbocycles. The van der Waals surface area contributed by atoms with Crippen molar-refractivity contribution in [3.8, 4) is 0 Å². The van der Waals surface area contributed by atoms with E-state index in [2.05, 4.69) is 0 Å². The molecule has 6 N–H and O–H groups in total. The van der Waals surface area contributed by atoms with Gasteiger partial charge in [0.05, 0.1) is 0 Å². The zero-order valence-electron chi connectivity index (χ0n) is 18.0. The van der Waals surface area contributed by atoms with Gasteiger partial charge in [0.2, 0.25) is 0 Å². The summed E-state index contributed by atoms with van der Waals surface area (Å²) in [6, 6.07) is 0. The number of halogens is 18. The second-order valence-corrected chi connectivity index (χ2v) is 6.20. The molecule has 0 aromatic heterocycles. The predicted molar refractivity (Wildman–Crippen MR) is 91.8 cm³/mol. The Balaban J connectivity index is -0.000000240. The summed E-state index contributed by atoms with van der Waals surface area (Å²) in [6.07, 6.45) is -37.4. The van der Waals surface area contributed by atoms with E-state index in [0.29, 0.717) is 0 Å². The zero-order valence-corrected chi connectivity index (χ0v) is 19.7. The average Bonchev–Trinajstić information content (AvgIpc) is 2.64. The molecule has 0 amide bonds. The molecule has 0 aliphatic heterocycles. The van der Waals surface area contributed by atoms with Crippen molar-refractivity contribution in [2.75, 3.05) is 0 Å². The molecule has 0 aromatic rings. The Morgan fingerprint density at radius 1 is 0.275 bits per heavy atom. The number of hydrogen-bond acceptors (Lipinski definition) is 0. The van der Waals surface area contributed by atoms with Gasteiger partial charge in [-0.15, -0.1) is 0 Å². The maximum absolute atomic E-state index is 11.4. The normalized spacial score (nSPS) is 12.4. The molecule has 236 valence electrons. The first-order chi connectivity index (χ1) is 16.6. The van der Waals surface area contributed by atoms with Crippen LogP contribution < -0.4 is 0 Å². The second kappa shape index (κ2) is 15.4. The minimum Gasteiger partial charge on any atom is -0.273 e. The van der Waals surface area contributed by atoms with Crippen LogP contribution in [0.15, 0.2) is 0 Å². The molecule has 0 aliphatic rings. The smallest absolute Gasteiger partial charge is 0.273 e. The molecular formula is C15H12F18O6Ru+6. The van der Waals surface area contributed by atoms with Gasteiger partial charge < -0.3 is 0 Å². The molecule has 0 radical (unpaired) electrons. The van der Waals surface area contributed by atoms with Gasteiger partial charge in [0.15, 0.2) is 19.3 Å². The van der Waals surface area contributed by atoms with Gasteiger partial charge in [-0.05, 0) is 0 Å². The van der Waals surface area contributed by atoms with Crippen molar-refractivity contribution >= 4 is 34.7 Å². The van der Waals surface area contributed by atoms with Crippen molar-refractivity contribution in [1.82, 2.24) is 0 Å². The molecule has 0 spiro atoms. The van der Waals surface area contributed by atoms with E-state index in [-0.39, 0.29) is 19.5 Å². The summed E-state index contributed by atoms with van der Waals surface area (Å²) in [7, 11) is 0. The van der Waals surface area contributed by atoms with Crippen LogP contribution in [-0.4, -0.2) is 101 Å². The Bertz CT molecular complexity index is 726. The molecular weight excluding hydrogens is 719 g/mol. The van der Waals surface area contributed by atoms with Gasteiger partial charge in [-0.1, -0.05) is 0 Å². The van der Waals surface area contributed by atoms with Gasteiger partial charge in [0.25, 0.3) is 0 Å². The van der Waals surface area contributed by atoms with Gasteiger partial charge in [0, 0.05) is 19.5 Å². The van der Waals surface area contributed by atoms with E-state index >= 15 is 0 Å². The third-order valence-corrected chi connectivity index (χ3v) is 2.97. The van der Waals surface area contributed by atoms with E-state index in [1.165, 1.54) is 0 Å². The first-order valence-corrected chi connectivity index (χ1v) is 8.36. The first-order valence-electron chi connectivity index (χ1n) is 8.36. The molecule has 0 heterocycles. The standard InChI is InChI=1S/3C5H2F6O2.Ru/c3*6-4(7,8)2(12)1-3(13)5(9,10)11;/h3*1H2;/p+6. The molecule has 0 aliphatic carbocycles. The molecule has 6 nitrogen and oxygen atoms in total. The van der Waals surface area contributed by atoms with Crippen LogP contribution in [-0.2, 0) is 19.5 Å². The maximum Gasteiger partial charge on any atom is 0.505 e. The van der Waals surface area contributed by atoms with Crippen molar-refractivity contribution in [2.45, 2.75) is 56.3 Å². The summed E-state index contributed by atoms with van der Waals surface area (Å²) in [5, 5.41) is 0. The van der Waals surface area contributed by atoms with Crippen molar-refractivity contribution in [2.24, 2.45) is 0 Å². The largest absolute Gasteiger partial charge is 0.505 e. The number of rotatable bonds is 6. The monoisotopic (exact) mass is 732 g/mol. The van der Waals surface area contributed by atoms with Crippen LogP contribution in [0, 0.1) is 0 Å². The van der Waals surface area contributed by atoms with Crippen LogP contribution in [0.4, 0.5) is 79.0 Å². The molecule has 0 atom stereocenters. The number of ketones is 6. The van der Waals surface area contributed by atoms with E-state index in [1.54, 1.807) is 0 Å². The van der Waals surface area contributed by atoms with E-state index in [0.717, 1.165) is 0 Å². The van der Waals surface area contributed by atoms with Crippen LogP contribution >= 0.6 is 0 Å². The number of hydrogen-bond donors (Lipinski definition) is 0. The quantitative estimate of drug-likeness (QED) is 0.162. The third kappa shape index (κ3) is 20.3. The van der Waals surface area contributed by atoms with Crippen molar-refractivity contribution in [1.29, 1.82) is 0 Å². The van der Waals surface area contributed by atoms with Gasteiger partial charge in [0.1, 0.15) is 0 Å². The van der Waals surface area contributed by atoms with E-state index in [4.69, 9.17) is 28.8 Å². The minimum atomic E-state index is -5.25. The van der Waals surface area contributed by atoms with Crippen LogP contribution in [0.2, 0.25) is 0 Å². The van der Waals surface area contributed by atoms with Crippen LogP contribution in [0.5, 0.6) is 0 Å². The molecule has 0 fully saturated rings. The molecule has 0 bridgehead atoms. The summed E-state index contributed by atoms with van der Waals surface area (Å²) in [5.74, 6) is -14.3. The Morgan fingerprint density at radius 3 is 0.400 bits per heavy atom. The Hall–Kier alpha value is -2.62. The first kappa shape index (κ1) is 44.4. The van der Waals surface area contributed by atoms with E-state index in [1.807, 2.05) is 0 Å². The van der Waals surface area contributed by atoms with Gasteiger partial charge >= 0.3 is 71.8 Å². The third-order valence-electron chi connectivity index (χ3n) is 2.97. The molecule has 0 saturated carbocycles. The summed E-state index contributed by atoms with van der Waals surface area (Å²) in [6.45, 7) is 0. The fraction of sp³-hybridized carbons (Fsp3) is 0.600. The Labute approximate surface area is 219 Å². The molecule has 0 rings (SSSR count). The molecule has 40 heavy (non-hydrogen) atoms. The topological polar surface area (TPSA) is 128 Å². The van der Waals surface area contributed by atoms with Crippen LogP contribution in [0.1, 0.15) is 19.3 Å². The molecule has 0 unspecified atom stereocenters. The van der Waals surface area contributed by atoms with Crippen molar-refractivity contribution in [3.63, 3.8) is 0 Å². The van der Waals surface area contributed by atoms with E-state index < -0.39 is 91.0 Å². The Morgan fingerprint density at radius 2 is 0.350 bits per heavy atom. The van der Waals surface area contributed by atoms with Gasteiger partial charge in [-0.2, -0.15) is 79.0 Å². The fourth-order valence-electron chi connectivity index (χ4n) is 1.08. The van der Waals surface area contributed by atoms with Crippen LogP contribution in [0.3, 0.4) is 0 Å². The number of carbonyl (C=O) groups excluding carboxylic acids is 6. The van der Waals surface area contributed by atoms with Crippen LogP contribution in [0.25, 0.3) is 0 Å². The summed E-state index contributed by atoms with van der Waals surface area (Å²) in [4.78, 5) is 48.2. The predicted octanol–water partition coefficient (Wildman–Crippen LogP) is 4.77. The maximum atomic E-state index is 11.4. The van der Waals surface area contributed by atoms with E-state index in [9.17, 15) is 79.0 Å². The summed E-state index contributed by atoms with van der Waals surface area (Å²) < 4.78 is 206. The molecule has 25 heteroatoms. The van der Waals surface area contributed by atoms with Crippen molar-refractivity contribution in [3.05, 3.63) is 0 Å². The molecule has 0 saturated heterocycles.